The van der Waals surface area contributed by atoms with Crippen LogP contribution < -0.4 is 4.72 Å². The van der Waals surface area contributed by atoms with E-state index in [1.807, 2.05) is 13.8 Å². The maximum Gasteiger partial charge on any atom is 0.244 e. The zero-order chi connectivity index (χ0) is 14.8. The zero-order valence-corrected chi connectivity index (χ0v) is 12.9. The highest BCUT2D eigenvalue weighted by molar-refractivity contribution is 7.89. The number of H-pyrrole nitrogens is 1. The van der Waals surface area contributed by atoms with Crippen molar-refractivity contribution in [3.63, 3.8) is 0 Å². The molecule has 7 heteroatoms. The fourth-order valence-electron chi connectivity index (χ4n) is 1.49. The van der Waals surface area contributed by atoms with E-state index in [1.54, 1.807) is 6.92 Å². The lowest BCUT2D eigenvalue weighted by Gasteiger charge is -2.29. The molecule has 1 aromatic rings. The minimum atomic E-state index is -3.66. The molecular weight excluding hydrogens is 266 g/mol. The van der Waals surface area contributed by atoms with E-state index in [2.05, 4.69) is 28.8 Å². The molecule has 0 bridgehead atoms. The Bertz CT molecular complexity index is 532. The van der Waals surface area contributed by atoms with E-state index < -0.39 is 16.6 Å². The number of aromatic nitrogens is 2. The van der Waals surface area contributed by atoms with E-state index in [4.69, 9.17) is 5.11 Å². The summed E-state index contributed by atoms with van der Waals surface area (Å²) >= 11 is 0. The Morgan fingerprint density at radius 3 is 2.47 bits per heavy atom. The Morgan fingerprint density at radius 1 is 1.42 bits per heavy atom. The first-order chi connectivity index (χ1) is 8.62. The van der Waals surface area contributed by atoms with Gasteiger partial charge in [-0.1, -0.05) is 27.7 Å². The summed E-state index contributed by atoms with van der Waals surface area (Å²) < 4.78 is 27.2. The Kier molecular flexibility index (Phi) is 4.76. The molecule has 6 nitrogen and oxygen atoms in total. The Balaban J connectivity index is 2.97. The van der Waals surface area contributed by atoms with Crippen molar-refractivity contribution in [3.8, 4) is 0 Å². The molecule has 0 fully saturated rings. The Morgan fingerprint density at radius 2 is 2.00 bits per heavy atom. The molecule has 19 heavy (non-hydrogen) atoms. The molecule has 0 aromatic carbocycles. The van der Waals surface area contributed by atoms with E-state index in [0.29, 0.717) is 18.2 Å². The lowest BCUT2D eigenvalue weighted by molar-refractivity contribution is 0.252. The van der Waals surface area contributed by atoms with Crippen molar-refractivity contribution in [3.05, 3.63) is 11.4 Å². The number of aliphatic hydroxyl groups is 1. The minimum Gasteiger partial charge on any atom is -0.390 e. The van der Waals surface area contributed by atoms with Gasteiger partial charge in [-0.15, -0.1) is 0 Å². The molecule has 1 rings (SSSR count). The van der Waals surface area contributed by atoms with Gasteiger partial charge in [-0.25, -0.2) is 13.1 Å². The number of aromatic amines is 1. The summed E-state index contributed by atoms with van der Waals surface area (Å²) in [6, 6.07) is 0. The number of nitrogens with one attached hydrogen (secondary N) is 2. The van der Waals surface area contributed by atoms with Gasteiger partial charge in [0.1, 0.15) is 10.6 Å². The van der Waals surface area contributed by atoms with Gasteiger partial charge in [0.15, 0.2) is 0 Å². The highest BCUT2D eigenvalue weighted by atomic mass is 32.2. The average Bonchev–Trinajstić information content (AvgIpc) is 2.68. The minimum absolute atomic E-state index is 0.0505. The summed E-state index contributed by atoms with van der Waals surface area (Å²) in [6.45, 7) is 9.67. The monoisotopic (exact) mass is 289 g/mol. The first-order valence-electron chi connectivity index (χ1n) is 6.26. The van der Waals surface area contributed by atoms with Gasteiger partial charge >= 0.3 is 0 Å². The second-order valence-electron chi connectivity index (χ2n) is 5.75. The predicted octanol–water partition coefficient (Wildman–Crippen LogP) is 1.17. The quantitative estimate of drug-likeness (QED) is 0.732. The molecule has 3 N–H and O–H groups in total. The van der Waals surface area contributed by atoms with Crippen molar-refractivity contribution in [2.75, 3.05) is 6.54 Å². The van der Waals surface area contributed by atoms with Crippen LogP contribution in [0, 0.1) is 18.3 Å². The summed E-state index contributed by atoms with van der Waals surface area (Å²) in [7, 11) is -3.66. The number of nitrogens with zero attached hydrogens (tertiary/aromatic N) is 1. The summed E-state index contributed by atoms with van der Waals surface area (Å²) in [5.74, 6) is 0.345. The highest BCUT2D eigenvalue weighted by Gasteiger charge is 2.28. The van der Waals surface area contributed by atoms with Crippen LogP contribution in [0.25, 0.3) is 0 Å². The van der Waals surface area contributed by atoms with Crippen LogP contribution in [0.2, 0.25) is 0 Å². The third kappa shape index (κ3) is 3.55. The van der Waals surface area contributed by atoms with E-state index in [1.165, 1.54) is 0 Å². The molecule has 0 atom stereocenters. The van der Waals surface area contributed by atoms with E-state index >= 15 is 0 Å². The van der Waals surface area contributed by atoms with Gasteiger partial charge in [-0.2, -0.15) is 5.10 Å². The van der Waals surface area contributed by atoms with Crippen molar-refractivity contribution in [1.29, 1.82) is 0 Å². The molecule has 0 aliphatic heterocycles. The molecule has 0 saturated heterocycles. The second-order valence-corrected chi connectivity index (χ2v) is 7.45. The molecule has 0 aliphatic carbocycles. The molecule has 0 aliphatic rings. The largest absolute Gasteiger partial charge is 0.390 e. The van der Waals surface area contributed by atoms with E-state index in [9.17, 15) is 8.42 Å². The molecule has 0 radical (unpaired) electrons. The Labute approximate surface area is 114 Å². The van der Waals surface area contributed by atoms with E-state index in [0.717, 1.165) is 0 Å². The third-order valence-electron chi connectivity index (χ3n) is 3.66. The van der Waals surface area contributed by atoms with Gasteiger partial charge in [0.2, 0.25) is 10.0 Å². The van der Waals surface area contributed by atoms with Crippen LogP contribution in [-0.2, 0) is 16.6 Å². The number of aryl methyl sites for hydroxylation is 1. The van der Waals surface area contributed by atoms with Crippen LogP contribution in [0.4, 0.5) is 0 Å². The molecule has 0 saturated carbocycles. The molecule has 1 heterocycles. The summed E-state index contributed by atoms with van der Waals surface area (Å²) in [4.78, 5) is 0.0505. The maximum atomic E-state index is 12.3. The van der Waals surface area contributed by atoms with Gasteiger partial charge in [-0.3, -0.25) is 5.10 Å². The number of rotatable bonds is 6. The zero-order valence-electron chi connectivity index (χ0n) is 12.1. The molecule has 0 amide bonds. The van der Waals surface area contributed by atoms with Crippen LogP contribution in [0.1, 0.15) is 39.1 Å². The average molecular weight is 289 g/mol. The SMILES string of the molecule is Cc1[nH]nc(CO)c1S(=O)(=O)NCC(C)(C)C(C)C. The number of sulfonamides is 1. The number of hydrogen-bond donors (Lipinski definition) is 3. The van der Waals surface area contributed by atoms with Crippen LogP contribution in [0.5, 0.6) is 0 Å². The van der Waals surface area contributed by atoms with Gasteiger partial charge in [0.25, 0.3) is 0 Å². The fourth-order valence-corrected chi connectivity index (χ4v) is 3.07. The smallest absolute Gasteiger partial charge is 0.244 e. The van der Waals surface area contributed by atoms with Crippen molar-refractivity contribution in [2.24, 2.45) is 11.3 Å². The van der Waals surface area contributed by atoms with Crippen LogP contribution in [0.15, 0.2) is 4.90 Å². The Hall–Kier alpha value is -0.920. The standard InChI is InChI=1S/C12H23N3O3S/c1-8(2)12(4,5)7-13-19(17,18)11-9(3)14-15-10(11)6-16/h8,13,16H,6-7H2,1-5H3,(H,14,15). The number of aliphatic hydroxyl groups excluding tert-OH is 1. The normalized spacial score (nSPS) is 13.2. The summed E-state index contributed by atoms with van der Waals surface area (Å²) in [6.07, 6.45) is 0. The van der Waals surface area contributed by atoms with Crippen molar-refractivity contribution >= 4 is 10.0 Å². The second kappa shape index (κ2) is 5.60. The topological polar surface area (TPSA) is 95.1 Å². The van der Waals surface area contributed by atoms with Crippen molar-refractivity contribution in [2.45, 2.75) is 46.1 Å². The van der Waals surface area contributed by atoms with E-state index in [-0.39, 0.29) is 16.0 Å². The predicted molar refractivity (Wildman–Crippen MR) is 73.1 cm³/mol. The molecule has 1 aromatic heterocycles. The van der Waals surface area contributed by atoms with Gasteiger partial charge < -0.3 is 5.11 Å². The van der Waals surface area contributed by atoms with Crippen molar-refractivity contribution < 1.29 is 13.5 Å². The van der Waals surface area contributed by atoms with Gasteiger partial charge in [0, 0.05) is 6.54 Å². The molecular formula is C12H23N3O3S. The lowest BCUT2D eigenvalue weighted by atomic mass is 9.81. The van der Waals surface area contributed by atoms with Gasteiger partial charge in [0.05, 0.1) is 12.3 Å². The highest BCUT2D eigenvalue weighted by Crippen LogP contribution is 2.26. The molecule has 0 spiro atoms. The van der Waals surface area contributed by atoms with Crippen LogP contribution in [0.3, 0.4) is 0 Å². The lowest BCUT2D eigenvalue weighted by Crippen LogP contribution is -2.37. The van der Waals surface area contributed by atoms with Crippen LogP contribution in [-0.4, -0.2) is 30.3 Å². The molecule has 110 valence electrons. The van der Waals surface area contributed by atoms with Gasteiger partial charge in [-0.05, 0) is 18.3 Å². The first-order valence-corrected chi connectivity index (χ1v) is 7.74. The number of hydrogen-bond acceptors (Lipinski definition) is 4. The summed E-state index contributed by atoms with van der Waals surface area (Å²) in [5, 5.41) is 15.5. The summed E-state index contributed by atoms with van der Waals surface area (Å²) in [5.41, 5.74) is 0.427. The maximum absolute atomic E-state index is 12.3. The third-order valence-corrected chi connectivity index (χ3v) is 5.26. The molecule has 0 unspecified atom stereocenters. The fraction of sp³-hybridized carbons (Fsp3) is 0.750. The first kappa shape index (κ1) is 16.1. The van der Waals surface area contributed by atoms with Crippen molar-refractivity contribution in [1.82, 2.24) is 14.9 Å². The van der Waals surface area contributed by atoms with Crippen LogP contribution >= 0.6 is 0 Å².